The van der Waals surface area contributed by atoms with Crippen LogP contribution in [0.5, 0.6) is 5.75 Å². The van der Waals surface area contributed by atoms with Crippen LogP contribution in [-0.4, -0.2) is 26.9 Å². The number of aromatic hydroxyl groups is 1. The van der Waals surface area contributed by atoms with Gasteiger partial charge in [0.2, 0.25) is 0 Å². The van der Waals surface area contributed by atoms with Gasteiger partial charge in [-0.2, -0.15) is 0 Å². The molecule has 0 aliphatic rings. The Balaban J connectivity index is 1.90. The molecule has 0 bridgehead atoms. The molecule has 0 fully saturated rings. The molecule has 28 heavy (non-hydrogen) atoms. The van der Waals surface area contributed by atoms with Crippen molar-refractivity contribution in [1.82, 2.24) is 14.5 Å². The molecule has 3 aromatic rings. The van der Waals surface area contributed by atoms with Crippen LogP contribution >= 0.6 is 11.3 Å². The van der Waals surface area contributed by atoms with Crippen molar-refractivity contribution in [3.63, 3.8) is 0 Å². The van der Waals surface area contributed by atoms with E-state index in [0.29, 0.717) is 21.6 Å². The van der Waals surface area contributed by atoms with Crippen molar-refractivity contribution in [3.05, 3.63) is 61.6 Å². The third-order valence-electron chi connectivity index (χ3n) is 4.27. The Morgan fingerprint density at radius 3 is 2.79 bits per heavy atom. The van der Waals surface area contributed by atoms with Crippen LogP contribution in [0.25, 0.3) is 10.2 Å². The first-order valence-electron chi connectivity index (χ1n) is 8.56. The first-order valence-corrected chi connectivity index (χ1v) is 9.38. The zero-order chi connectivity index (χ0) is 20.3. The molecule has 144 valence electrons. The maximum Gasteiger partial charge on any atom is 0.332 e. The molecule has 1 aromatic carbocycles. The van der Waals surface area contributed by atoms with Gasteiger partial charge in [-0.3, -0.25) is 14.2 Å². The molecule has 7 nitrogen and oxygen atoms in total. The van der Waals surface area contributed by atoms with Crippen molar-refractivity contribution in [2.75, 3.05) is 7.11 Å². The molecule has 0 aliphatic carbocycles. The Morgan fingerprint density at radius 1 is 1.29 bits per heavy atom. The first kappa shape index (κ1) is 19.5. The van der Waals surface area contributed by atoms with Crippen LogP contribution < -0.4 is 16.6 Å². The smallest absolute Gasteiger partial charge is 0.332 e. The van der Waals surface area contributed by atoms with Gasteiger partial charge in [-0.05, 0) is 18.6 Å². The minimum absolute atomic E-state index is 0.0220. The van der Waals surface area contributed by atoms with Gasteiger partial charge >= 0.3 is 5.69 Å². The van der Waals surface area contributed by atoms with Crippen LogP contribution in [0.15, 0.2) is 39.9 Å². The van der Waals surface area contributed by atoms with E-state index in [1.165, 1.54) is 10.6 Å². The fraction of sp³-hybridized carbons (Fsp3) is 0.250. The maximum absolute atomic E-state index is 12.6. The highest BCUT2D eigenvalue weighted by Gasteiger charge is 2.17. The highest BCUT2D eigenvalue weighted by molar-refractivity contribution is 7.20. The molecule has 1 amide bonds. The lowest BCUT2D eigenvalue weighted by atomic mass is 10.2. The zero-order valence-electron chi connectivity index (χ0n) is 15.8. The van der Waals surface area contributed by atoms with Gasteiger partial charge in [0.25, 0.3) is 17.2 Å². The number of thiophene rings is 1. The van der Waals surface area contributed by atoms with Gasteiger partial charge in [0.1, 0.15) is 4.83 Å². The van der Waals surface area contributed by atoms with Crippen LogP contribution in [0.4, 0.5) is 0 Å². The lowest BCUT2D eigenvalue weighted by molar-refractivity contribution is 0.0954. The van der Waals surface area contributed by atoms with Crippen LogP contribution in [0, 0.1) is 11.8 Å². The number of aliphatic hydroxyl groups is 1. The molecule has 0 saturated carbocycles. The number of hydrogen-bond acceptors (Lipinski definition) is 4. The van der Waals surface area contributed by atoms with E-state index < -0.39 is 11.2 Å². The second-order valence-corrected chi connectivity index (χ2v) is 7.10. The Labute approximate surface area is 165 Å². The van der Waals surface area contributed by atoms with E-state index in [1.807, 2.05) is 24.3 Å². The molecule has 0 unspecified atom stereocenters. The maximum atomic E-state index is 12.6. The van der Waals surface area contributed by atoms with Crippen LogP contribution in [0.3, 0.4) is 0 Å². The summed E-state index contributed by atoms with van der Waals surface area (Å²) in [6.07, 6.45) is 0. The summed E-state index contributed by atoms with van der Waals surface area (Å²) in [5.41, 5.74) is 0.0352. The largest absolute Gasteiger partial charge is 0.585 e. The predicted octanol–water partition coefficient (Wildman–Crippen LogP) is 1.59. The number of nitrogens with one attached hydrogen (secondary N) is 1. The lowest BCUT2D eigenvalue weighted by Crippen LogP contribution is -2.38. The molecule has 3 rings (SSSR count). The highest BCUT2D eigenvalue weighted by Crippen LogP contribution is 2.22. The van der Waals surface area contributed by atoms with Crippen molar-refractivity contribution in [1.29, 1.82) is 0 Å². The minimum Gasteiger partial charge on any atom is -0.585 e. The summed E-state index contributed by atoms with van der Waals surface area (Å²) < 4.78 is 6.57. The van der Waals surface area contributed by atoms with Crippen LogP contribution in [-0.2, 0) is 20.1 Å². The number of rotatable bonds is 5. The topological polar surface area (TPSA) is 85.9 Å². The summed E-state index contributed by atoms with van der Waals surface area (Å²) in [5.74, 6) is 5.94. The van der Waals surface area contributed by atoms with Crippen molar-refractivity contribution >= 4 is 27.5 Å². The first-order chi connectivity index (χ1) is 13.5. The predicted molar refractivity (Wildman–Crippen MR) is 110 cm³/mol. The fourth-order valence-electron chi connectivity index (χ4n) is 2.77. The molecule has 2 N–H and O–H groups in total. The van der Waals surface area contributed by atoms with Gasteiger partial charge in [0.05, 0.1) is 16.8 Å². The zero-order valence-corrected chi connectivity index (χ0v) is 16.6. The van der Waals surface area contributed by atoms with E-state index in [2.05, 4.69) is 21.9 Å². The Hall–Kier alpha value is -3.31. The lowest BCUT2D eigenvalue weighted by Gasteiger charge is -2.05. The molecule has 2 heterocycles. The van der Waals surface area contributed by atoms with E-state index in [0.717, 1.165) is 27.2 Å². The number of ether oxygens (including phenoxy) is 1. The van der Waals surface area contributed by atoms with Crippen molar-refractivity contribution in [2.24, 2.45) is 7.05 Å². The molecule has 8 heteroatoms. The van der Waals surface area contributed by atoms with E-state index >= 15 is 0 Å². The van der Waals surface area contributed by atoms with E-state index in [4.69, 9.17) is 0 Å². The molecule has 0 saturated heterocycles. The van der Waals surface area contributed by atoms with Crippen molar-refractivity contribution < 1.29 is 9.53 Å². The van der Waals surface area contributed by atoms with Gasteiger partial charge in [-0.15, -0.1) is 17.3 Å². The van der Waals surface area contributed by atoms with E-state index in [1.54, 1.807) is 21.1 Å². The number of aromatic nitrogens is 2. The standard InChI is InChI=1S/C20H19N3O4S/c1-4-5-9-23-18(25)15-11-16(28-19(15)22(2)20(23)26)17(24)21-12-13-7-6-8-14(10-13)27-3/h6-8,10-11H,9,12H2,1-3H3,(H,21,24)/p+1. The van der Waals surface area contributed by atoms with Gasteiger partial charge in [-0.1, -0.05) is 18.1 Å². The van der Waals surface area contributed by atoms with Gasteiger partial charge in [0, 0.05) is 25.7 Å². The molecular weight excluding hydrogens is 378 g/mol. The molecular formula is C20H20N3O4S+. The number of fused-ring (bicyclic) bond motifs is 1. The summed E-state index contributed by atoms with van der Waals surface area (Å²) in [7, 11) is 3.29. The Morgan fingerprint density at radius 2 is 2.07 bits per heavy atom. The number of amides is 1. The van der Waals surface area contributed by atoms with Crippen molar-refractivity contribution in [2.45, 2.75) is 20.0 Å². The van der Waals surface area contributed by atoms with Crippen molar-refractivity contribution in [3.8, 4) is 17.6 Å². The van der Waals surface area contributed by atoms with Gasteiger partial charge in [-0.25, -0.2) is 9.36 Å². The second-order valence-electron chi connectivity index (χ2n) is 6.07. The van der Waals surface area contributed by atoms with E-state index in [-0.39, 0.29) is 12.5 Å². The summed E-state index contributed by atoms with van der Waals surface area (Å²) in [4.78, 5) is 38.5. The average Bonchev–Trinajstić information content (AvgIpc) is 3.16. The quantitative estimate of drug-likeness (QED) is 0.523. The minimum atomic E-state index is -0.450. The van der Waals surface area contributed by atoms with Gasteiger partial charge in [0.15, 0.2) is 7.11 Å². The van der Waals surface area contributed by atoms with E-state index in [9.17, 15) is 14.4 Å². The number of carbonyl (C=O) groups excluding carboxylic acids is 1. The molecule has 0 aliphatic heterocycles. The number of hydrogen-bond donors (Lipinski definition) is 1. The Kier molecular flexibility index (Phi) is 5.66. The monoisotopic (exact) mass is 398 g/mol. The summed E-state index contributed by atoms with van der Waals surface area (Å²) >= 11 is 1.12. The molecule has 0 atom stereocenters. The number of benzene rings is 1. The normalized spacial score (nSPS) is 10.4. The average molecular weight is 398 g/mol. The summed E-state index contributed by atoms with van der Waals surface area (Å²) in [5, 5.41) is 3.18. The fourth-order valence-corrected chi connectivity index (χ4v) is 3.79. The summed E-state index contributed by atoms with van der Waals surface area (Å²) in [6, 6.07) is 9.08. The third-order valence-corrected chi connectivity index (χ3v) is 5.48. The van der Waals surface area contributed by atoms with Crippen LogP contribution in [0.1, 0.15) is 22.2 Å². The molecule has 0 radical (unpaired) electrons. The summed E-state index contributed by atoms with van der Waals surface area (Å²) in [6.45, 7) is 2.01. The van der Waals surface area contributed by atoms with Crippen LogP contribution in [0.2, 0.25) is 0 Å². The number of nitrogens with zero attached hydrogens (tertiary/aromatic N) is 2. The highest BCUT2D eigenvalue weighted by atomic mass is 32.1. The SMILES string of the molecule is CC#CCn1c(=O)c2cc(C(=O)NCc3cccc([OH+]C)c3)sc2n(C)c1=O. The number of carbonyl (C=O) groups is 1. The second kappa shape index (κ2) is 8.15. The van der Waals surface area contributed by atoms with Gasteiger partial charge < -0.3 is 10.1 Å². The Bertz CT molecular complexity index is 1220. The molecule has 2 aromatic heterocycles. The third kappa shape index (κ3) is 3.70. The molecule has 0 spiro atoms. The number of aryl methyl sites for hydroxylation is 1.